The standard InChI is InChI=1S/C17H17ClN6O5/c18-8-3-1-7(2-4-8)10(25)13-11(26)12(27)16(29-13)24-15-9(5-22-24)14(20-6-21-15)23-17(19)28/h1-6,10-13,16,25-27H,(H3,19,20,21,23,28)/t10?,11-,12+,13+,16+/m0/s1. The van der Waals surface area contributed by atoms with E-state index in [1.165, 1.54) is 17.2 Å². The Morgan fingerprint density at radius 2 is 1.97 bits per heavy atom. The third kappa shape index (κ3) is 3.50. The number of aliphatic hydroxyl groups excluding tert-OH is 3. The smallest absolute Gasteiger partial charge is 0.317 e. The molecule has 2 amide bonds. The van der Waals surface area contributed by atoms with E-state index in [0.29, 0.717) is 16.0 Å². The summed E-state index contributed by atoms with van der Waals surface area (Å²) in [5, 5.41) is 38.9. The van der Waals surface area contributed by atoms with Gasteiger partial charge in [0.05, 0.1) is 11.6 Å². The molecule has 3 aromatic rings. The third-order valence-corrected chi connectivity index (χ3v) is 4.92. The van der Waals surface area contributed by atoms with Crippen molar-refractivity contribution in [2.75, 3.05) is 5.32 Å². The molecule has 0 spiro atoms. The zero-order chi connectivity index (χ0) is 20.7. The summed E-state index contributed by atoms with van der Waals surface area (Å²) in [5.74, 6) is 0.138. The van der Waals surface area contributed by atoms with Gasteiger partial charge in [0, 0.05) is 5.02 Å². The van der Waals surface area contributed by atoms with Crippen molar-refractivity contribution in [2.45, 2.75) is 30.6 Å². The van der Waals surface area contributed by atoms with Gasteiger partial charge in [0.25, 0.3) is 0 Å². The Morgan fingerprint density at radius 3 is 2.66 bits per heavy atom. The maximum atomic E-state index is 11.1. The van der Waals surface area contributed by atoms with E-state index < -0.39 is 36.7 Å². The number of nitrogens with two attached hydrogens (primary N) is 1. The normalized spacial score (nSPS) is 25.2. The molecular weight excluding hydrogens is 404 g/mol. The summed E-state index contributed by atoms with van der Waals surface area (Å²) in [6.45, 7) is 0. The molecule has 5 atom stereocenters. The van der Waals surface area contributed by atoms with Crippen LogP contribution in [0.5, 0.6) is 0 Å². The van der Waals surface area contributed by atoms with Crippen LogP contribution in [0.3, 0.4) is 0 Å². The van der Waals surface area contributed by atoms with Crippen LogP contribution in [0.4, 0.5) is 10.6 Å². The van der Waals surface area contributed by atoms with Crippen LogP contribution in [0.15, 0.2) is 36.8 Å². The van der Waals surface area contributed by atoms with Crippen molar-refractivity contribution in [1.82, 2.24) is 19.7 Å². The molecule has 1 fully saturated rings. The fraction of sp³-hybridized carbons (Fsp3) is 0.294. The number of fused-ring (bicyclic) bond motifs is 1. The molecule has 1 aliphatic rings. The minimum atomic E-state index is -1.40. The van der Waals surface area contributed by atoms with Crippen LogP contribution in [0, 0.1) is 0 Å². The van der Waals surface area contributed by atoms with Gasteiger partial charge in [-0.05, 0) is 17.7 Å². The van der Waals surface area contributed by atoms with Crippen LogP contribution in [0.2, 0.25) is 5.02 Å². The van der Waals surface area contributed by atoms with Crippen LogP contribution >= 0.6 is 11.6 Å². The van der Waals surface area contributed by atoms with E-state index in [4.69, 9.17) is 22.1 Å². The molecule has 1 saturated heterocycles. The topological polar surface area (TPSA) is 169 Å². The number of rotatable bonds is 4. The van der Waals surface area contributed by atoms with E-state index >= 15 is 0 Å². The van der Waals surface area contributed by atoms with Crippen LogP contribution in [-0.4, -0.2) is 59.4 Å². The van der Waals surface area contributed by atoms with Crippen LogP contribution in [-0.2, 0) is 4.74 Å². The number of carbonyl (C=O) groups excluding carboxylic acids is 1. The second-order valence-electron chi connectivity index (χ2n) is 6.51. The second-order valence-corrected chi connectivity index (χ2v) is 6.94. The molecular formula is C17H17ClN6O5. The molecule has 0 radical (unpaired) electrons. The first-order chi connectivity index (χ1) is 13.9. The minimum Gasteiger partial charge on any atom is -0.387 e. The Morgan fingerprint density at radius 1 is 1.24 bits per heavy atom. The number of nitrogens with zero attached hydrogens (tertiary/aromatic N) is 4. The number of primary amides is 1. The van der Waals surface area contributed by atoms with E-state index in [-0.39, 0.29) is 11.5 Å². The van der Waals surface area contributed by atoms with Gasteiger partial charge in [0.15, 0.2) is 11.9 Å². The molecule has 0 saturated carbocycles. The molecule has 11 nitrogen and oxygen atoms in total. The van der Waals surface area contributed by atoms with E-state index in [0.717, 1.165) is 0 Å². The lowest BCUT2D eigenvalue weighted by molar-refractivity contribution is -0.0884. The lowest BCUT2D eigenvalue weighted by Gasteiger charge is -2.21. The van der Waals surface area contributed by atoms with Crippen molar-refractivity contribution < 1.29 is 24.9 Å². The van der Waals surface area contributed by atoms with Gasteiger partial charge in [0.2, 0.25) is 0 Å². The van der Waals surface area contributed by atoms with Gasteiger partial charge in [-0.2, -0.15) is 5.10 Å². The minimum absolute atomic E-state index is 0.138. The van der Waals surface area contributed by atoms with E-state index in [1.807, 2.05) is 0 Å². The highest BCUT2D eigenvalue weighted by Crippen LogP contribution is 2.37. The van der Waals surface area contributed by atoms with Gasteiger partial charge < -0.3 is 25.8 Å². The van der Waals surface area contributed by atoms with E-state index in [9.17, 15) is 20.1 Å². The third-order valence-electron chi connectivity index (χ3n) is 4.67. The number of halogens is 1. The zero-order valence-electron chi connectivity index (χ0n) is 14.8. The molecule has 0 bridgehead atoms. The maximum absolute atomic E-state index is 11.1. The van der Waals surface area contributed by atoms with E-state index in [1.54, 1.807) is 24.3 Å². The number of aliphatic hydroxyl groups is 3. The van der Waals surface area contributed by atoms with Gasteiger partial charge in [-0.15, -0.1) is 0 Å². The molecule has 1 unspecified atom stereocenters. The van der Waals surface area contributed by atoms with Crippen molar-refractivity contribution in [3.63, 3.8) is 0 Å². The molecule has 1 aromatic carbocycles. The number of nitrogens with one attached hydrogen (secondary N) is 1. The molecule has 29 heavy (non-hydrogen) atoms. The number of hydrogen-bond acceptors (Lipinski definition) is 8. The lowest BCUT2D eigenvalue weighted by atomic mass is 9.99. The molecule has 4 rings (SSSR count). The SMILES string of the molecule is NC(=O)Nc1ncnc2c1cnn2[C@@H]1O[C@H](C(O)c2ccc(Cl)cc2)[C@@H](O)[C@H]1O. The van der Waals surface area contributed by atoms with Gasteiger partial charge >= 0.3 is 6.03 Å². The first-order valence-electron chi connectivity index (χ1n) is 8.56. The summed E-state index contributed by atoms with van der Waals surface area (Å²) in [7, 11) is 0. The largest absolute Gasteiger partial charge is 0.387 e. The fourth-order valence-corrected chi connectivity index (χ4v) is 3.39. The van der Waals surface area contributed by atoms with Crippen molar-refractivity contribution in [3.05, 3.63) is 47.4 Å². The number of amides is 2. The first-order valence-corrected chi connectivity index (χ1v) is 8.94. The number of anilines is 1. The summed E-state index contributed by atoms with van der Waals surface area (Å²) in [6.07, 6.45) is -3.71. The van der Waals surface area contributed by atoms with Crippen molar-refractivity contribution in [1.29, 1.82) is 0 Å². The average Bonchev–Trinajstić information content (AvgIpc) is 3.24. The predicted octanol–water partition coefficient (Wildman–Crippen LogP) is 0.323. The number of urea groups is 1. The Kier molecular flexibility index (Phi) is 5.06. The zero-order valence-corrected chi connectivity index (χ0v) is 15.5. The summed E-state index contributed by atoms with van der Waals surface area (Å²) < 4.78 is 6.99. The Bertz CT molecular complexity index is 1040. The predicted molar refractivity (Wildman–Crippen MR) is 101 cm³/mol. The summed E-state index contributed by atoms with van der Waals surface area (Å²) in [5.41, 5.74) is 5.83. The summed E-state index contributed by atoms with van der Waals surface area (Å²) in [6, 6.07) is 5.58. The Balaban J connectivity index is 1.64. The highest BCUT2D eigenvalue weighted by molar-refractivity contribution is 6.30. The molecule has 6 N–H and O–H groups in total. The van der Waals surface area contributed by atoms with Gasteiger partial charge in [-0.3, -0.25) is 5.32 Å². The quantitative estimate of drug-likeness (QED) is 0.402. The van der Waals surface area contributed by atoms with Gasteiger partial charge in [-0.25, -0.2) is 19.4 Å². The fourth-order valence-electron chi connectivity index (χ4n) is 3.26. The first kappa shape index (κ1) is 19.5. The van der Waals surface area contributed by atoms with Crippen LogP contribution in [0.1, 0.15) is 17.9 Å². The highest BCUT2D eigenvalue weighted by Gasteiger charge is 2.48. The van der Waals surface area contributed by atoms with E-state index in [2.05, 4.69) is 20.4 Å². The average molecular weight is 421 g/mol. The lowest BCUT2D eigenvalue weighted by Crippen LogP contribution is -2.35. The molecule has 2 aromatic heterocycles. The molecule has 12 heteroatoms. The molecule has 3 heterocycles. The summed E-state index contributed by atoms with van der Waals surface area (Å²) >= 11 is 5.86. The molecule has 1 aliphatic heterocycles. The molecule has 152 valence electrons. The number of hydrogen-bond donors (Lipinski definition) is 5. The van der Waals surface area contributed by atoms with Gasteiger partial charge in [-0.1, -0.05) is 23.7 Å². The highest BCUT2D eigenvalue weighted by atomic mass is 35.5. The van der Waals surface area contributed by atoms with Crippen molar-refractivity contribution in [3.8, 4) is 0 Å². The summed E-state index contributed by atoms with van der Waals surface area (Å²) in [4.78, 5) is 19.2. The van der Waals surface area contributed by atoms with Crippen molar-refractivity contribution in [2.24, 2.45) is 5.73 Å². The van der Waals surface area contributed by atoms with Crippen LogP contribution in [0.25, 0.3) is 11.0 Å². The number of ether oxygens (including phenoxy) is 1. The second kappa shape index (κ2) is 7.54. The Hall–Kier alpha value is -2.83. The van der Waals surface area contributed by atoms with Gasteiger partial charge in [0.1, 0.15) is 36.6 Å². The maximum Gasteiger partial charge on any atom is 0.317 e. The number of benzene rings is 1. The Labute approximate surface area is 168 Å². The number of aromatic nitrogens is 4. The molecule has 0 aliphatic carbocycles. The number of carbonyl (C=O) groups is 1. The monoisotopic (exact) mass is 420 g/mol. The van der Waals surface area contributed by atoms with Crippen molar-refractivity contribution >= 4 is 34.5 Å². The van der Waals surface area contributed by atoms with Crippen LogP contribution < -0.4 is 11.1 Å².